The number of aromatic nitrogens is 4. The Balaban J connectivity index is 1.52. The molecule has 1 aliphatic rings. The number of carbonyl (C=O) groups is 1. The average molecular weight is 353 g/mol. The molecule has 0 unspecified atom stereocenters. The van der Waals surface area contributed by atoms with Crippen LogP contribution in [0.3, 0.4) is 0 Å². The molecule has 1 saturated heterocycles. The van der Waals surface area contributed by atoms with Crippen LogP contribution < -0.4 is 5.32 Å². The molecule has 26 heavy (non-hydrogen) atoms. The first-order valence-electron chi connectivity index (χ1n) is 10.2. The quantitative estimate of drug-likeness (QED) is 0.780. The van der Waals surface area contributed by atoms with E-state index in [0.29, 0.717) is 23.4 Å². The van der Waals surface area contributed by atoms with Gasteiger partial charge in [0.1, 0.15) is 5.82 Å². The highest BCUT2D eigenvalue weighted by molar-refractivity contribution is 5.93. The van der Waals surface area contributed by atoms with Crippen LogP contribution in [0.2, 0.25) is 0 Å². The second-order valence-electron chi connectivity index (χ2n) is 6.54. The maximum atomic E-state index is 12.3. The number of amides is 1. The lowest BCUT2D eigenvalue weighted by atomic mass is 10.1. The molecule has 3 aromatic rings. The van der Waals surface area contributed by atoms with E-state index in [1.807, 2.05) is 6.07 Å². The second kappa shape index (κ2) is 7.21. The lowest BCUT2D eigenvalue weighted by molar-refractivity contribution is -0.117. The van der Waals surface area contributed by atoms with Crippen LogP contribution in [0.25, 0.3) is 22.0 Å². The van der Waals surface area contributed by atoms with Crippen molar-refractivity contribution in [3.63, 3.8) is 0 Å². The Labute approximate surface area is 156 Å². The first kappa shape index (κ1) is 13.4. The van der Waals surface area contributed by atoms with Crippen molar-refractivity contribution in [2.24, 2.45) is 6.98 Å². The number of pyridine rings is 2. The highest BCUT2D eigenvalue weighted by atomic mass is 16.2. The summed E-state index contributed by atoms with van der Waals surface area (Å²) in [6, 6.07) is 3.65. The molecule has 0 bridgehead atoms. The topological polar surface area (TPSA) is 75.9 Å². The zero-order valence-electron chi connectivity index (χ0n) is 17.4. The van der Waals surface area contributed by atoms with Crippen molar-refractivity contribution in [2.45, 2.75) is 19.3 Å². The Kier molecular flexibility index (Phi) is 3.72. The molecule has 0 radical (unpaired) electrons. The second-order valence-corrected chi connectivity index (χ2v) is 6.54. The van der Waals surface area contributed by atoms with Crippen molar-refractivity contribution in [2.75, 3.05) is 25.0 Å². The summed E-state index contributed by atoms with van der Waals surface area (Å²) >= 11 is 0. The van der Waals surface area contributed by atoms with Gasteiger partial charge in [0.15, 0.2) is 0 Å². The molecule has 0 atom stereocenters. The van der Waals surface area contributed by atoms with Gasteiger partial charge < -0.3 is 5.32 Å². The number of hydrogen-bond acceptors (Lipinski definition) is 5. The molecule has 134 valence electrons. The normalized spacial score (nSPS) is 17.5. The third kappa shape index (κ3) is 3.72. The van der Waals surface area contributed by atoms with Gasteiger partial charge in [-0.15, -0.1) is 0 Å². The fraction of sp³-hybridized carbons (Fsp3) is 0.368. The molecule has 4 heterocycles. The number of aryl methyl sites for hydroxylation is 1. The van der Waals surface area contributed by atoms with Crippen molar-refractivity contribution in [3.05, 3.63) is 36.9 Å². The van der Waals surface area contributed by atoms with Crippen LogP contribution in [0.5, 0.6) is 0 Å². The zero-order chi connectivity index (χ0) is 20.4. The molecule has 1 aliphatic heterocycles. The van der Waals surface area contributed by atoms with Gasteiger partial charge in [-0.05, 0) is 38.1 Å². The first-order valence-corrected chi connectivity index (χ1v) is 8.72. The number of nitrogens with one attached hydrogen (secondary N) is 1. The highest BCUT2D eigenvalue weighted by Gasteiger charge is 2.14. The van der Waals surface area contributed by atoms with Crippen LogP contribution in [0.1, 0.15) is 23.4 Å². The number of hydrogen-bond donors (Lipinski definition) is 1. The van der Waals surface area contributed by atoms with Crippen molar-refractivity contribution in [1.82, 2.24) is 24.6 Å². The van der Waals surface area contributed by atoms with E-state index in [1.165, 1.54) is 18.8 Å². The standard InChI is InChI=1S/C19H22N6O/c1-24-12-16(10-22-24)15-7-14-8-18(21-11-17(14)20-9-15)23-19(26)13-25-5-3-2-4-6-25/h7-12H,2-6,13H2,1H3,(H,21,23,26)/i1D3. The minimum atomic E-state index is -2.32. The van der Waals surface area contributed by atoms with Crippen LogP contribution in [0.15, 0.2) is 36.9 Å². The number of carbonyl (C=O) groups excluding carboxylic acids is 1. The number of rotatable bonds is 4. The molecule has 7 heteroatoms. The summed E-state index contributed by atoms with van der Waals surface area (Å²) < 4.78 is 23.2. The minimum Gasteiger partial charge on any atom is -0.310 e. The molecule has 0 aliphatic carbocycles. The Morgan fingerprint density at radius 1 is 1.15 bits per heavy atom. The van der Waals surface area contributed by atoms with Crippen LogP contribution >= 0.6 is 0 Å². The lowest BCUT2D eigenvalue weighted by Gasteiger charge is -2.25. The minimum absolute atomic E-state index is 0.0817. The van der Waals surface area contributed by atoms with E-state index in [4.69, 9.17) is 4.11 Å². The maximum Gasteiger partial charge on any atom is 0.239 e. The number of nitrogens with zero attached hydrogens (tertiary/aromatic N) is 5. The molecule has 7 nitrogen and oxygen atoms in total. The molecule has 1 fully saturated rings. The van der Waals surface area contributed by atoms with Crippen LogP contribution in [-0.2, 0) is 11.8 Å². The van der Waals surface area contributed by atoms with Crippen molar-refractivity contribution < 1.29 is 8.91 Å². The van der Waals surface area contributed by atoms with Gasteiger partial charge in [-0.3, -0.25) is 19.4 Å². The van der Waals surface area contributed by atoms with Crippen LogP contribution in [0, 0.1) is 0 Å². The number of likely N-dealkylation sites (tertiary alicyclic amines) is 1. The van der Waals surface area contributed by atoms with Gasteiger partial charge in [0.25, 0.3) is 0 Å². The summed E-state index contributed by atoms with van der Waals surface area (Å²) in [5.41, 5.74) is 2.08. The summed E-state index contributed by atoms with van der Waals surface area (Å²) in [5, 5.41) is 7.56. The third-order valence-corrected chi connectivity index (χ3v) is 4.57. The molecular formula is C19H22N6O. The van der Waals surface area contributed by atoms with Crippen molar-refractivity contribution in [1.29, 1.82) is 0 Å². The summed E-state index contributed by atoms with van der Waals surface area (Å²) in [6.45, 7) is -0.0455. The van der Waals surface area contributed by atoms with E-state index in [0.717, 1.165) is 41.6 Å². The molecule has 0 spiro atoms. The van der Waals surface area contributed by atoms with E-state index in [1.54, 1.807) is 18.5 Å². The fourth-order valence-electron chi connectivity index (χ4n) is 3.23. The van der Waals surface area contributed by atoms with Gasteiger partial charge in [-0.25, -0.2) is 4.98 Å². The molecule has 0 aromatic carbocycles. The molecule has 4 rings (SSSR count). The van der Waals surface area contributed by atoms with E-state index >= 15 is 0 Å². The third-order valence-electron chi connectivity index (χ3n) is 4.57. The number of fused-ring (bicyclic) bond motifs is 1. The van der Waals surface area contributed by atoms with E-state index in [9.17, 15) is 4.79 Å². The Bertz CT molecular complexity index is 1030. The lowest BCUT2D eigenvalue weighted by Crippen LogP contribution is -2.36. The van der Waals surface area contributed by atoms with E-state index in [2.05, 4.69) is 25.3 Å². The van der Waals surface area contributed by atoms with Crippen LogP contribution in [-0.4, -0.2) is 50.2 Å². The summed E-state index contributed by atoms with van der Waals surface area (Å²) in [5.74, 6) is 0.387. The Morgan fingerprint density at radius 3 is 2.85 bits per heavy atom. The average Bonchev–Trinajstić information content (AvgIpc) is 3.19. The van der Waals surface area contributed by atoms with Gasteiger partial charge in [0.05, 0.1) is 24.5 Å². The molecule has 1 N–H and O–H groups in total. The molecule has 0 saturated carbocycles. The van der Waals surface area contributed by atoms with Gasteiger partial charge >= 0.3 is 0 Å². The zero-order valence-corrected chi connectivity index (χ0v) is 14.4. The largest absolute Gasteiger partial charge is 0.310 e. The van der Waals surface area contributed by atoms with Crippen molar-refractivity contribution >= 4 is 22.6 Å². The summed E-state index contributed by atoms with van der Waals surface area (Å²) in [4.78, 5) is 23.1. The molecule has 3 aromatic heterocycles. The Hall–Kier alpha value is -2.80. The summed E-state index contributed by atoms with van der Waals surface area (Å²) in [7, 11) is 0. The van der Waals surface area contributed by atoms with Gasteiger partial charge in [-0.2, -0.15) is 5.10 Å². The highest BCUT2D eigenvalue weighted by Crippen LogP contribution is 2.23. The van der Waals surface area contributed by atoms with Gasteiger partial charge in [0, 0.05) is 40.0 Å². The monoisotopic (exact) mass is 353 g/mol. The maximum absolute atomic E-state index is 12.3. The number of piperidine rings is 1. The van der Waals surface area contributed by atoms with Gasteiger partial charge in [-0.1, -0.05) is 6.42 Å². The fourth-order valence-corrected chi connectivity index (χ4v) is 3.23. The predicted octanol–water partition coefficient (Wildman–Crippen LogP) is 2.45. The SMILES string of the molecule is [2H]C([2H])([2H])n1cc(-c2cnc3cnc(NC(=O)CN4CCCCC4)cc3c2)cn1. The van der Waals surface area contributed by atoms with Crippen LogP contribution in [0.4, 0.5) is 5.82 Å². The van der Waals surface area contributed by atoms with Crippen molar-refractivity contribution in [3.8, 4) is 11.1 Å². The molecular weight excluding hydrogens is 328 g/mol. The van der Waals surface area contributed by atoms with E-state index < -0.39 is 6.98 Å². The number of anilines is 1. The molecule has 1 amide bonds. The first-order chi connectivity index (χ1) is 13.9. The Morgan fingerprint density at radius 2 is 2.04 bits per heavy atom. The van der Waals surface area contributed by atoms with Gasteiger partial charge in [0.2, 0.25) is 5.91 Å². The predicted molar refractivity (Wildman–Crippen MR) is 101 cm³/mol. The van der Waals surface area contributed by atoms with E-state index in [-0.39, 0.29) is 5.91 Å². The smallest absolute Gasteiger partial charge is 0.239 e. The summed E-state index contributed by atoms with van der Waals surface area (Å²) in [6.07, 6.45) is 9.73.